The van der Waals surface area contributed by atoms with Crippen LogP contribution in [0.4, 0.5) is 0 Å². The Bertz CT molecular complexity index is 918. The first kappa shape index (κ1) is 23.4. The molecule has 0 radical (unpaired) electrons. The molecule has 1 saturated heterocycles. The van der Waals surface area contributed by atoms with Gasteiger partial charge < -0.3 is 14.6 Å². The van der Waals surface area contributed by atoms with E-state index >= 15 is 0 Å². The van der Waals surface area contributed by atoms with E-state index in [1.807, 2.05) is 83.2 Å². The van der Waals surface area contributed by atoms with E-state index < -0.39 is 28.5 Å². The molecule has 2 bridgehead atoms. The van der Waals surface area contributed by atoms with E-state index in [0.29, 0.717) is 0 Å². The van der Waals surface area contributed by atoms with Crippen LogP contribution in [0.25, 0.3) is 0 Å². The molecule has 1 saturated carbocycles. The predicted octanol–water partition coefficient (Wildman–Crippen LogP) is 4.24. The normalized spacial score (nSPS) is 43.5. The topological polar surface area (TPSA) is 72.8 Å². The summed E-state index contributed by atoms with van der Waals surface area (Å²) in [4.78, 5) is 24.8. The van der Waals surface area contributed by atoms with E-state index in [1.165, 1.54) is 0 Å². The van der Waals surface area contributed by atoms with Crippen molar-refractivity contribution in [2.24, 2.45) is 16.7 Å². The molecule has 0 spiro atoms. The molecule has 168 valence electrons. The second-order valence-electron chi connectivity index (χ2n) is 9.70. The van der Waals surface area contributed by atoms with Gasteiger partial charge in [-0.25, -0.2) is 0 Å². The zero-order chi connectivity index (χ0) is 23.2. The van der Waals surface area contributed by atoms with Crippen molar-refractivity contribution in [3.05, 3.63) is 59.8 Å². The summed E-state index contributed by atoms with van der Waals surface area (Å²) in [6.07, 6.45) is 14.5. The van der Waals surface area contributed by atoms with Gasteiger partial charge in [-0.05, 0) is 51.8 Å². The van der Waals surface area contributed by atoms with E-state index in [-0.39, 0.29) is 23.9 Å². The van der Waals surface area contributed by atoms with Crippen LogP contribution in [-0.4, -0.2) is 40.8 Å². The molecule has 5 heteroatoms. The third-order valence-electron chi connectivity index (χ3n) is 7.43. The number of ether oxygens (including phenoxy) is 2. The molecule has 3 aliphatic rings. The summed E-state index contributed by atoms with van der Waals surface area (Å²) >= 11 is 0. The smallest absolute Gasteiger partial charge is 0.320 e. The van der Waals surface area contributed by atoms with Gasteiger partial charge in [0.15, 0.2) is 5.78 Å². The summed E-state index contributed by atoms with van der Waals surface area (Å²) in [6, 6.07) is 0. The third-order valence-corrected chi connectivity index (χ3v) is 7.43. The largest absolute Gasteiger partial charge is 0.460 e. The Morgan fingerprint density at radius 3 is 2.32 bits per heavy atom. The van der Waals surface area contributed by atoms with Gasteiger partial charge in [0, 0.05) is 5.41 Å². The van der Waals surface area contributed by atoms with Crippen molar-refractivity contribution in [1.82, 2.24) is 0 Å². The third kappa shape index (κ3) is 3.68. The number of carbonyl (C=O) groups is 2. The first-order chi connectivity index (χ1) is 14.4. The lowest BCUT2D eigenvalue weighted by Gasteiger charge is -2.37. The average molecular weight is 427 g/mol. The van der Waals surface area contributed by atoms with Gasteiger partial charge in [-0.2, -0.15) is 0 Å². The van der Waals surface area contributed by atoms with Crippen molar-refractivity contribution in [3.8, 4) is 0 Å². The fourth-order valence-corrected chi connectivity index (χ4v) is 5.01. The Morgan fingerprint density at radius 1 is 1.06 bits per heavy atom. The highest BCUT2D eigenvalue weighted by Crippen LogP contribution is 2.60. The van der Waals surface area contributed by atoms with Gasteiger partial charge in [-0.1, -0.05) is 56.4 Å². The van der Waals surface area contributed by atoms with Crippen LogP contribution in [-0.2, 0) is 19.1 Å². The minimum atomic E-state index is -1.11. The number of hydrogen-bond donors (Lipinski definition) is 1. The Morgan fingerprint density at radius 2 is 1.68 bits per heavy atom. The molecule has 0 aromatic heterocycles. The van der Waals surface area contributed by atoms with Crippen molar-refractivity contribution < 1.29 is 24.2 Å². The molecule has 5 nitrogen and oxygen atoms in total. The number of ketones is 1. The zero-order valence-corrected chi connectivity index (χ0v) is 19.5. The SMILES string of the molecule is CC1=C[C@@](C)(O)[C@H](C)O[C@H]1/C(C)=C/C=C/C=C/C=C/[C@@]1(C)[C@H]2OC(=O)[C@]1(C)C(=O)[C@@H]2C. The lowest BCUT2D eigenvalue weighted by atomic mass is 9.68. The van der Waals surface area contributed by atoms with Crippen LogP contribution in [0.5, 0.6) is 0 Å². The molecule has 0 aromatic rings. The van der Waals surface area contributed by atoms with Crippen LogP contribution < -0.4 is 0 Å². The van der Waals surface area contributed by atoms with Gasteiger partial charge in [0.05, 0.1) is 18.1 Å². The van der Waals surface area contributed by atoms with Gasteiger partial charge in [0.2, 0.25) is 0 Å². The molecule has 2 aliphatic heterocycles. The molecule has 0 amide bonds. The molecule has 7 atom stereocenters. The maximum Gasteiger partial charge on any atom is 0.320 e. The number of fused-ring (bicyclic) bond motifs is 2. The minimum absolute atomic E-state index is 0.0320. The summed E-state index contributed by atoms with van der Waals surface area (Å²) in [5.74, 6) is -0.724. The number of carbonyl (C=O) groups excluding carboxylic acids is 2. The predicted molar refractivity (Wildman–Crippen MR) is 120 cm³/mol. The number of aliphatic hydroxyl groups is 1. The molecular weight excluding hydrogens is 392 g/mol. The van der Waals surface area contributed by atoms with Crippen molar-refractivity contribution >= 4 is 11.8 Å². The van der Waals surface area contributed by atoms with Gasteiger partial charge in [0.25, 0.3) is 0 Å². The van der Waals surface area contributed by atoms with Crippen molar-refractivity contribution in [3.63, 3.8) is 0 Å². The lowest BCUT2D eigenvalue weighted by Crippen LogP contribution is -2.44. The standard InChI is InChI=1S/C26H34O5/c1-16(20-17(2)15-25(6,29)19(4)30-20)13-11-9-8-10-12-14-24(5)22-18(3)21(27)26(24,7)23(28)31-22/h8-15,18-20,22,29H,1-7H3/b10-8+,11-9+,14-12+,16-13+/t18-,19-,20-,22-,24-,25+,26-/m0/s1. The van der Waals surface area contributed by atoms with Gasteiger partial charge in [-0.3, -0.25) is 9.59 Å². The monoisotopic (exact) mass is 426 g/mol. The van der Waals surface area contributed by atoms with Crippen LogP contribution >= 0.6 is 0 Å². The summed E-state index contributed by atoms with van der Waals surface area (Å²) in [6.45, 7) is 13.1. The van der Waals surface area contributed by atoms with E-state index in [9.17, 15) is 14.7 Å². The van der Waals surface area contributed by atoms with Gasteiger partial charge in [-0.15, -0.1) is 0 Å². The molecule has 1 N–H and O–H groups in total. The second kappa shape index (κ2) is 8.03. The highest BCUT2D eigenvalue weighted by Gasteiger charge is 2.73. The van der Waals surface area contributed by atoms with Crippen molar-refractivity contribution in [2.45, 2.75) is 72.4 Å². The van der Waals surface area contributed by atoms with E-state index in [2.05, 4.69) is 0 Å². The molecule has 31 heavy (non-hydrogen) atoms. The Labute approximate surface area is 185 Å². The van der Waals surface area contributed by atoms with E-state index in [1.54, 1.807) is 13.8 Å². The summed E-state index contributed by atoms with van der Waals surface area (Å²) in [7, 11) is 0. The molecule has 2 heterocycles. The number of Topliss-reactive ketones (excluding diaryl/α,β-unsaturated/α-hetero) is 1. The second-order valence-corrected chi connectivity index (χ2v) is 9.70. The lowest BCUT2D eigenvalue weighted by molar-refractivity contribution is -0.161. The molecule has 0 unspecified atom stereocenters. The van der Waals surface area contributed by atoms with Crippen molar-refractivity contribution in [1.29, 1.82) is 0 Å². The van der Waals surface area contributed by atoms with Gasteiger partial charge >= 0.3 is 5.97 Å². The molecular formula is C26H34O5. The number of allylic oxidation sites excluding steroid dienone is 6. The van der Waals surface area contributed by atoms with Crippen LogP contribution in [0.2, 0.25) is 0 Å². The quantitative estimate of drug-likeness (QED) is 0.308. The highest BCUT2D eigenvalue weighted by atomic mass is 16.6. The number of rotatable bonds is 5. The Kier molecular flexibility index (Phi) is 6.07. The maximum atomic E-state index is 12.6. The summed E-state index contributed by atoms with van der Waals surface area (Å²) in [5.41, 5.74) is -0.633. The molecule has 2 fully saturated rings. The fourth-order valence-electron chi connectivity index (χ4n) is 5.01. The first-order valence-corrected chi connectivity index (χ1v) is 10.9. The van der Waals surface area contributed by atoms with Gasteiger partial charge in [0.1, 0.15) is 17.1 Å². The number of hydrogen-bond acceptors (Lipinski definition) is 5. The Hall–Kier alpha value is -2.24. The van der Waals surface area contributed by atoms with Crippen LogP contribution in [0.15, 0.2) is 59.8 Å². The maximum absolute atomic E-state index is 12.6. The first-order valence-electron chi connectivity index (χ1n) is 10.9. The minimum Gasteiger partial charge on any atom is -0.460 e. The summed E-state index contributed by atoms with van der Waals surface area (Å²) < 4.78 is 11.5. The summed E-state index contributed by atoms with van der Waals surface area (Å²) in [5, 5.41) is 10.3. The Balaban J connectivity index is 1.64. The number of esters is 1. The zero-order valence-electron chi connectivity index (χ0n) is 19.5. The van der Waals surface area contributed by atoms with E-state index in [0.717, 1.165) is 11.1 Å². The van der Waals surface area contributed by atoms with Crippen LogP contribution in [0, 0.1) is 16.7 Å². The molecule has 3 rings (SSSR count). The van der Waals surface area contributed by atoms with E-state index in [4.69, 9.17) is 9.47 Å². The average Bonchev–Trinajstić information content (AvgIpc) is 2.97. The van der Waals surface area contributed by atoms with Crippen LogP contribution in [0.1, 0.15) is 48.5 Å². The molecule has 1 aliphatic carbocycles. The molecule has 0 aromatic carbocycles. The fraction of sp³-hybridized carbons (Fsp3) is 0.538. The highest BCUT2D eigenvalue weighted by molar-refractivity contribution is 6.10. The van der Waals surface area contributed by atoms with Crippen molar-refractivity contribution in [2.75, 3.05) is 0 Å². The van der Waals surface area contributed by atoms with Crippen LogP contribution in [0.3, 0.4) is 0 Å².